The first-order valence-electron chi connectivity index (χ1n) is 4.43. The number of hydrogen-bond acceptors (Lipinski definition) is 3. The lowest BCUT2D eigenvalue weighted by atomic mass is 10.0. The predicted octanol–water partition coefficient (Wildman–Crippen LogP) is 0.614. The minimum absolute atomic E-state index is 0.0142. The van der Waals surface area contributed by atoms with Gasteiger partial charge in [0.25, 0.3) is 0 Å². The van der Waals surface area contributed by atoms with Gasteiger partial charge < -0.3 is 15.6 Å². The standard InChI is InChI=1S/C10H13NO2/c11-9(6-12)7-1-2-10-8(5-7)3-4-13-10/h1-2,5,9,12H,3-4,6,11H2. The van der Waals surface area contributed by atoms with Gasteiger partial charge in [-0.15, -0.1) is 0 Å². The molecule has 1 aliphatic rings. The Bertz CT molecular complexity index is 312. The van der Waals surface area contributed by atoms with E-state index in [1.165, 1.54) is 5.56 Å². The molecular formula is C10H13NO2. The first-order valence-corrected chi connectivity index (χ1v) is 4.43. The van der Waals surface area contributed by atoms with Crippen LogP contribution in [-0.4, -0.2) is 18.3 Å². The van der Waals surface area contributed by atoms with Crippen LogP contribution in [-0.2, 0) is 6.42 Å². The minimum atomic E-state index is -0.272. The van der Waals surface area contributed by atoms with Gasteiger partial charge in [0.1, 0.15) is 5.75 Å². The molecule has 0 aliphatic carbocycles. The lowest BCUT2D eigenvalue weighted by Crippen LogP contribution is -2.14. The monoisotopic (exact) mass is 179 g/mol. The SMILES string of the molecule is NC(CO)c1ccc2c(c1)CCO2. The van der Waals surface area contributed by atoms with E-state index < -0.39 is 0 Å². The van der Waals surface area contributed by atoms with E-state index in [0.717, 1.165) is 24.3 Å². The Morgan fingerprint density at radius 3 is 3.15 bits per heavy atom. The maximum Gasteiger partial charge on any atom is 0.122 e. The fourth-order valence-electron chi connectivity index (χ4n) is 1.54. The van der Waals surface area contributed by atoms with Gasteiger partial charge in [-0.2, -0.15) is 0 Å². The summed E-state index contributed by atoms with van der Waals surface area (Å²) in [5, 5.41) is 8.88. The summed E-state index contributed by atoms with van der Waals surface area (Å²) >= 11 is 0. The van der Waals surface area contributed by atoms with Crippen molar-refractivity contribution in [1.82, 2.24) is 0 Å². The third-order valence-corrected chi connectivity index (χ3v) is 2.34. The molecule has 13 heavy (non-hydrogen) atoms. The molecule has 3 nitrogen and oxygen atoms in total. The number of fused-ring (bicyclic) bond motifs is 1. The van der Waals surface area contributed by atoms with Gasteiger partial charge in [0.15, 0.2) is 0 Å². The second-order valence-electron chi connectivity index (χ2n) is 3.25. The Kier molecular flexibility index (Phi) is 2.20. The summed E-state index contributed by atoms with van der Waals surface area (Å²) in [6, 6.07) is 5.58. The highest BCUT2D eigenvalue weighted by molar-refractivity contribution is 5.40. The van der Waals surface area contributed by atoms with Crippen molar-refractivity contribution in [2.45, 2.75) is 12.5 Å². The van der Waals surface area contributed by atoms with Crippen LogP contribution < -0.4 is 10.5 Å². The van der Waals surface area contributed by atoms with Gasteiger partial charge in [-0.3, -0.25) is 0 Å². The number of nitrogens with two attached hydrogens (primary N) is 1. The van der Waals surface area contributed by atoms with Crippen LogP contribution in [0.1, 0.15) is 17.2 Å². The quantitative estimate of drug-likeness (QED) is 0.699. The molecule has 1 heterocycles. The Labute approximate surface area is 77.1 Å². The highest BCUT2D eigenvalue weighted by atomic mass is 16.5. The van der Waals surface area contributed by atoms with Crippen LogP contribution in [0, 0.1) is 0 Å². The van der Waals surface area contributed by atoms with Crippen molar-refractivity contribution in [3.63, 3.8) is 0 Å². The van der Waals surface area contributed by atoms with Crippen molar-refractivity contribution in [3.05, 3.63) is 29.3 Å². The molecule has 70 valence electrons. The summed E-state index contributed by atoms with van der Waals surface area (Å²) in [5.41, 5.74) is 7.87. The van der Waals surface area contributed by atoms with Crippen molar-refractivity contribution >= 4 is 0 Å². The summed E-state index contributed by atoms with van der Waals surface area (Å²) in [6.07, 6.45) is 0.946. The zero-order valence-electron chi connectivity index (χ0n) is 7.36. The lowest BCUT2D eigenvalue weighted by molar-refractivity contribution is 0.268. The van der Waals surface area contributed by atoms with E-state index in [9.17, 15) is 0 Å². The van der Waals surface area contributed by atoms with E-state index in [1.807, 2.05) is 18.2 Å². The molecule has 0 fully saturated rings. The van der Waals surface area contributed by atoms with Crippen LogP contribution in [0.25, 0.3) is 0 Å². The highest BCUT2D eigenvalue weighted by Gasteiger charge is 2.13. The topological polar surface area (TPSA) is 55.5 Å². The van der Waals surface area contributed by atoms with E-state index in [0.29, 0.717) is 0 Å². The van der Waals surface area contributed by atoms with E-state index in [2.05, 4.69) is 0 Å². The number of aliphatic hydroxyl groups excluding tert-OH is 1. The molecule has 0 saturated carbocycles. The molecule has 0 spiro atoms. The van der Waals surface area contributed by atoms with Crippen molar-refractivity contribution < 1.29 is 9.84 Å². The molecule has 0 amide bonds. The number of benzene rings is 1. The summed E-state index contributed by atoms with van der Waals surface area (Å²) < 4.78 is 5.36. The summed E-state index contributed by atoms with van der Waals surface area (Å²) in [4.78, 5) is 0. The van der Waals surface area contributed by atoms with Crippen LogP contribution in [0.3, 0.4) is 0 Å². The third kappa shape index (κ3) is 1.53. The Morgan fingerprint density at radius 1 is 1.54 bits per heavy atom. The van der Waals surface area contributed by atoms with Gasteiger partial charge in [0, 0.05) is 6.42 Å². The van der Waals surface area contributed by atoms with Gasteiger partial charge in [-0.25, -0.2) is 0 Å². The van der Waals surface area contributed by atoms with Gasteiger partial charge in [0.05, 0.1) is 19.3 Å². The molecular weight excluding hydrogens is 166 g/mol. The van der Waals surface area contributed by atoms with Crippen molar-refractivity contribution in [2.75, 3.05) is 13.2 Å². The molecule has 1 aromatic carbocycles. The highest BCUT2D eigenvalue weighted by Crippen LogP contribution is 2.27. The first kappa shape index (κ1) is 8.53. The maximum atomic E-state index is 8.88. The Morgan fingerprint density at radius 2 is 2.38 bits per heavy atom. The van der Waals surface area contributed by atoms with E-state index in [-0.39, 0.29) is 12.6 Å². The summed E-state index contributed by atoms with van der Waals surface area (Å²) in [5.74, 6) is 0.953. The molecule has 0 aromatic heterocycles. The molecule has 1 aromatic rings. The lowest BCUT2D eigenvalue weighted by Gasteiger charge is -2.09. The average Bonchev–Trinajstić information content (AvgIpc) is 2.63. The van der Waals surface area contributed by atoms with Crippen molar-refractivity contribution in [3.8, 4) is 5.75 Å². The summed E-state index contributed by atoms with van der Waals surface area (Å²) in [6.45, 7) is 0.743. The molecule has 1 unspecified atom stereocenters. The van der Waals surface area contributed by atoms with E-state index in [4.69, 9.17) is 15.6 Å². The maximum absolute atomic E-state index is 8.88. The van der Waals surface area contributed by atoms with Crippen LogP contribution in [0.5, 0.6) is 5.75 Å². The van der Waals surface area contributed by atoms with E-state index >= 15 is 0 Å². The fraction of sp³-hybridized carbons (Fsp3) is 0.400. The van der Waals surface area contributed by atoms with Crippen LogP contribution >= 0.6 is 0 Å². The normalized spacial score (nSPS) is 16.5. The number of aliphatic hydroxyl groups is 1. The van der Waals surface area contributed by atoms with Gasteiger partial charge in [-0.1, -0.05) is 12.1 Å². The van der Waals surface area contributed by atoms with Crippen molar-refractivity contribution in [1.29, 1.82) is 0 Å². The molecule has 3 heteroatoms. The Balaban J connectivity index is 2.30. The van der Waals surface area contributed by atoms with Crippen LogP contribution in [0.15, 0.2) is 18.2 Å². The van der Waals surface area contributed by atoms with Crippen molar-refractivity contribution in [2.24, 2.45) is 5.73 Å². The molecule has 0 bridgehead atoms. The van der Waals surface area contributed by atoms with Crippen LogP contribution in [0.4, 0.5) is 0 Å². The third-order valence-electron chi connectivity index (χ3n) is 2.34. The summed E-state index contributed by atoms with van der Waals surface area (Å²) in [7, 11) is 0. The minimum Gasteiger partial charge on any atom is -0.493 e. The zero-order valence-corrected chi connectivity index (χ0v) is 7.36. The average molecular weight is 179 g/mol. The smallest absolute Gasteiger partial charge is 0.122 e. The zero-order chi connectivity index (χ0) is 9.26. The van der Waals surface area contributed by atoms with Crippen LogP contribution in [0.2, 0.25) is 0 Å². The predicted molar refractivity (Wildman–Crippen MR) is 49.7 cm³/mol. The molecule has 1 atom stereocenters. The number of rotatable bonds is 2. The second-order valence-corrected chi connectivity index (χ2v) is 3.25. The molecule has 0 saturated heterocycles. The van der Waals surface area contributed by atoms with E-state index in [1.54, 1.807) is 0 Å². The molecule has 1 aliphatic heterocycles. The van der Waals surface area contributed by atoms with Gasteiger partial charge >= 0.3 is 0 Å². The van der Waals surface area contributed by atoms with Gasteiger partial charge in [-0.05, 0) is 17.2 Å². The largest absolute Gasteiger partial charge is 0.493 e. The number of hydrogen-bond donors (Lipinski definition) is 2. The second kappa shape index (κ2) is 3.36. The fourth-order valence-corrected chi connectivity index (χ4v) is 1.54. The molecule has 3 N–H and O–H groups in total. The number of ether oxygens (including phenoxy) is 1. The molecule has 0 radical (unpaired) electrons. The molecule has 2 rings (SSSR count). The Hall–Kier alpha value is -1.06. The first-order chi connectivity index (χ1) is 6.31. The van der Waals surface area contributed by atoms with Gasteiger partial charge in [0.2, 0.25) is 0 Å².